The Kier molecular flexibility index (Phi) is 7.55. The summed E-state index contributed by atoms with van der Waals surface area (Å²) in [4.78, 5) is 12.9. The number of hydrogen-bond acceptors (Lipinski definition) is 8. The van der Waals surface area contributed by atoms with Gasteiger partial charge in [0.15, 0.2) is 17.3 Å². The first-order chi connectivity index (χ1) is 16.0. The number of ether oxygens (including phenoxy) is 6. The molecule has 1 N–H and O–H groups in total. The fraction of sp³-hybridized carbons (Fsp3) is 0.292. The van der Waals surface area contributed by atoms with Gasteiger partial charge in [0.2, 0.25) is 0 Å². The summed E-state index contributed by atoms with van der Waals surface area (Å²) in [6.45, 7) is 0. The van der Waals surface area contributed by atoms with Crippen LogP contribution in [0.2, 0.25) is 0 Å². The van der Waals surface area contributed by atoms with Gasteiger partial charge in [0.1, 0.15) is 34.4 Å². The van der Waals surface area contributed by atoms with Crippen molar-refractivity contribution < 1.29 is 37.6 Å². The predicted octanol–water partition coefficient (Wildman–Crippen LogP) is 4.17. The second-order valence-corrected chi connectivity index (χ2v) is 6.83. The van der Waals surface area contributed by atoms with Gasteiger partial charge in [-0.05, 0) is 18.2 Å². The Balaban J connectivity index is 1.85. The van der Waals surface area contributed by atoms with Crippen LogP contribution >= 0.6 is 0 Å². The number of anilines is 1. The molecule has 0 atom stereocenters. The lowest BCUT2D eigenvalue weighted by molar-refractivity contribution is 0.0994. The molecular formula is C24H27NO8. The summed E-state index contributed by atoms with van der Waals surface area (Å²) < 4.78 is 38.0. The molecule has 0 unspecified atom stereocenters. The second-order valence-electron chi connectivity index (χ2n) is 6.83. The Bertz CT molecular complexity index is 1100. The number of nitrogens with one attached hydrogen (secondary N) is 1. The summed E-state index contributed by atoms with van der Waals surface area (Å²) in [5.41, 5.74) is 1.15. The third-order valence-electron chi connectivity index (χ3n) is 4.97. The number of carbonyl (C=O) groups is 1. The number of rotatable bonds is 10. The second kappa shape index (κ2) is 10.5. The maximum absolute atomic E-state index is 12.9. The molecule has 0 saturated heterocycles. The summed E-state index contributed by atoms with van der Waals surface area (Å²) in [6.07, 6.45) is 0.360. The Labute approximate surface area is 192 Å². The zero-order chi connectivity index (χ0) is 24.0. The van der Waals surface area contributed by atoms with E-state index in [2.05, 4.69) is 5.32 Å². The third kappa shape index (κ3) is 5.08. The number of furan rings is 1. The molecule has 176 valence electrons. The predicted molar refractivity (Wildman–Crippen MR) is 122 cm³/mol. The van der Waals surface area contributed by atoms with E-state index >= 15 is 0 Å². The lowest BCUT2D eigenvalue weighted by Crippen LogP contribution is -2.13. The van der Waals surface area contributed by atoms with Crippen LogP contribution in [-0.4, -0.2) is 48.6 Å². The van der Waals surface area contributed by atoms with E-state index in [9.17, 15) is 4.79 Å². The average molecular weight is 457 g/mol. The number of methoxy groups -OCH3 is 6. The molecule has 9 nitrogen and oxygen atoms in total. The minimum absolute atomic E-state index is 0.124. The molecule has 33 heavy (non-hydrogen) atoms. The first kappa shape index (κ1) is 23.6. The highest BCUT2D eigenvalue weighted by Gasteiger charge is 2.20. The fourth-order valence-electron chi connectivity index (χ4n) is 3.35. The topological polar surface area (TPSA) is 97.6 Å². The van der Waals surface area contributed by atoms with Gasteiger partial charge in [-0.2, -0.15) is 0 Å². The minimum Gasteiger partial charge on any atom is -0.497 e. The maximum Gasteiger partial charge on any atom is 0.291 e. The van der Waals surface area contributed by atoms with Crippen molar-refractivity contribution in [2.75, 3.05) is 48.0 Å². The van der Waals surface area contributed by atoms with Crippen LogP contribution in [0.25, 0.3) is 0 Å². The zero-order valence-electron chi connectivity index (χ0n) is 19.4. The number of amides is 1. The van der Waals surface area contributed by atoms with E-state index in [4.69, 9.17) is 32.8 Å². The molecule has 3 rings (SSSR count). The quantitative estimate of drug-likeness (QED) is 0.484. The Hall–Kier alpha value is -4.01. The fourth-order valence-corrected chi connectivity index (χ4v) is 3.35. The molecule has 1 aromatic heterocycles. The van der Waals surface area contributed by atoms with Crippen LogP contribution in [0.1, 0.15) is 21.9 Å². The van der Waals surface area contributed by atoms with E-state index in [-0.39, 0.29) is 5.76 Å². The van der Waals surface area contributed by atoms with Crippen LogP contribution in [0.3, 0.4) is 0 Å². The molecule has 2 aromatic carbocycles. The normalized spacial score (nSPS) is 10.4. The Morgan fingerprint density at radius 1 is 0.758 bits per heavy atom. The van der Waals surface area contributed by atoms with Crippen molar-refractivity contribution in [1.29, 1.82) is 0 Å². The maximum atomic E-state index is 12.9. The largest absolute Gasteiger partial charge is 0.497 e. The van der Waals surface area contributed by atoms with Crippen molar-refractivity contribution in [2.24, 2.45) is 0 Å². The van der Waals surface area contributed by atoms with Gasteiger partial charge < -0.3 is 38.2 Å². The standard InChI is InChI=1S/C24H27NO8/c1-27-16-10-14(23(32-6)21(13-16)31-5)9-15-7-8-18(33-15)24(26)25-22-19(29-3)11-17(28-2)12-20(22)30-4/h7-8,10-13H,9H2,1-6H3,(H,25,26). The lowest BCUT2D eigenvalue weighted by Gasteiger charge is -2.15. The highest BCUT2D eigenvalue weighted by molar-refractivity contribution is 6.04. The minimum atomic E-state index is -0.460. The first-order valence-electron chi connectivity index (χ1n) is 9.96. The average Bonchev–Trinajstić information content (AvgIpc) is 3.31. The Morgan fingerprint density at radius 2 is 1.33 bits per heavy atom. The molecule has 0 fully saturated rings. The van der Waals surface area contributed by atoms with Crippen molar-refractivity contribution in [3.8, 4) is 34.5 Å². The number of hydrogen-bond donors (Lipinski definition) is 1. The van der Waals surface area contributed by atoms with Gasteiger partial charge in [0.05, 0.1) is 42.7 Å². The van der Waals surface area contributed by atoms with Crippen molar-refractivity contribution >= 4 is 11.6 Å². The van der Waals surface area contributed by atoms with E-state index in [1.54, 1.807) is 51.7 Å². The summed E-state index contributed by atoms with van der Waals surface area (Å²) in [7, 11) is 9.20. The van der Waals surface area contributed by atoms with Crippen molar-refractivity contribution in [1.82, 2.24) is 0 Å². The molecular weight excluding hydrogens is 430 g/mol. The van der Waals surface area contributed by atoms with Crippen LogP contribution in [0.4, 0.5) is 5.69 Å². The van der Waals surface area contributed by atoms with Crippen LogP contribution in [0.15, 0.2) is 40.8 Å². The van der Waals surface area contributed by atoms with E-state index < -0.39 is 5.91 Å². The molecule has 0 aliphatic rings. The van der Waals surface area contributed by atoms with Gasteiger partial charge in [-0.25, -0.2) is 0 Å². The smallest absolute Gasteiger partial charge is 0.291 e. The van der Waals surface area contributed by atoms with E-state index in [0.29, 0.717) is 52.4 Å². The summed E-state index contributed by atoms with van der Waals surface area (Å²) in [5.74, 6) is 3.25. The van der Waals surface area contributed by atoms with Gasteiger partial charge in [0.25, 0.3) is 5.91 Å². The molecule has 1 amide bonds. The monoisotopic (exact) mass is 457 g/mol. The molecule has 0 saturated carbocycles. The van der Waals surface area contributed by atoms with Gasteiger partial charge in [0, 0.05) is 30.2 Å². The molecule has 9 heteroatoms. The van der Waals surface area contributed by atoms with Crippen LogP contribution in [0.5, 0.6) is 34.5 Å². The van der Waals surface area contributed by atoms with Gasteiger partial charge in [-0.1, -0.05) is 0 Å². The molecule has 0 radical (unpaired) electrons. The van der Waals surface area contributed by atoms with Crippen molar-refractivity contribution in [2.45, 2.75) is 6.42 Å². The van der Waals surface area contributed by atoms with Crippen molar-refractivity contribution in [3.63, 3.8) is 0 Å². The highest BCUT2D eigenvalue weighted by atomic mass is 16.5. The zero-order valence-corrected chi connectivity index (χ0v) is 19.4. The molecule has 1 heterocycles. The van der Waals surface area contributed by atoms with Gasteiger partial charge in [-0.3, -0.25) is 4.79 Å². The van der Waals surface area contributed by atoms with E-state index in [0.717, 1.165) is 5.56 Å². The lowest BCUT2D eigenvalue weighted by atomic mass is 10.1. The Morgan fingerprint density at radius 3 is 1.88 bits per heavy atom. The van der Waals surface area contributed by atoms with E-state index in [1.165, 1.54) is 21.3 Å². The molecule has 0 bridgehead atoms. The first-order valence-corrected chi connectivity index (χ1v) is 9.96. The van der Waals surface area contributed by atoms with Gasteiger partial charge in [-0.15, -0.1) is 0 Å². The summed E-state index contributed by atoms with van der Waals surface area (Å²) in [6, 6.07) is 10.2. The van der Waals surface area contributed by atoms with Crippen LogP contribution in [-0.2, 0) is 6.42 Å². The summed E-state index contributed by atoms with van der Waals surface area (Å²) >= 11 is 0. The highest BCUT2D eigenvalue weighted by Crippen LogP contribution is 2.39. The SMILES string of the molecule is COc1cc(OC)c(NC(=O)c2ccc(Cc3cc(OC)cc(OC)c3OC)o2)c(OC)c1. The van der Waals surface area contributed by atoms with Gasteiger partial charge >= 0.3 is 0 Å². The molecule has 0 aliphatic carbocycles. The molecule has 0 aliphatic heterocycles. The van der Waals surface area contributed by atoms with Crippen LogP contribution in [0, 0.1) is 0 Å². The molecule has 0 spiro atoms. The number of benzene rings is 2. The van der Waals surface area contributed by atoms with Crippen LogP contribution < -0.4 is 33.7 Å². The molecule has 3 aromatic rings. The number of carbonyl (C=O) groups excluding carboxylic acids is 1. The van der Waals surface area contributed by atoms with Crippen molar-refractivity contribution in [3.05, 3.63) is 53.5 Å². The third-order valence-corrected chi connectivity index (χ3v) is 4.97. The van der Waals surface area contributed by atoms with E-state index in [1.807, 2.05) is 6.07 Å². The summed E-state index contributed by atoms with van der Waals surface area (Å²) in [5, 5.41) is 2.78.